The van der Waals surface area contributed by atoms with Gasteiger partial charge in [-0.3, -0.25) is 9.59 Å². The van der Waals surface area contributed by atoms with Crippen LogP contribution in [-0.4, -0.2) is 47.4 Å². The highest BCUT2D eigenvalue weighted by molar-refractivity contribution is 5.76. The molecule has 91 heavy (non-hydrogen) atoms. The number of rotatable bonds is 80. The lowest BCUT2D eigenvalue weighted by molar-refractivity contribution is -0.143. The molecular formula is C85H165NO5. The monoisotopic (exact) mass is 1280 g/mol. The van der Waals surface area contributed by atoms with E-state index in [1.54, 1.807) is 6.08 Å². The van der Waals surface area contributed by atoms with Gasteiger partial charge in [0.15, 0.2) is 0 Å². The molecule has 2 unspecified atom stereocenters. The maximum atomic E-state index is 12.6. The van der Waals surface area contributed by atoms with Gasteiger partial charge < -0.3 is 20.3 Å². The van der Waals surface area contributed by atoms with Crippen molar-refractivity contribution in [2.24, 2.45) is 0 Å². The zero-order chi connectivity index (χ0) is 65.6. The zero-order valence-corrected chi connectivity index (χ0v) is 62.1. The van der Waals surface area contributed by atoms with Crippen molar-refractivity contribution in [2.45, 2.75) is 495 Å². The van der Waals surface area contributed by atoms with Gasteiger partial charge in [-0.15, -0.1) is 0 Å². The number of esters is 1. The second-order valence-electron chi connectivity index (χ2n) is 29.2. The number of carbonyl (C=O) groups excluding carboxylic acids is 2. The van der Waals surface area contributed by atoms with Gasteiger partial charge in [-0.2, -0.15) is 0 Å². The molecule has 0 bridgehead atoms. The van der Waals surface area contributed by atoms with Crippen LogP contribution < -0.4 is 5.32 Å². The van der Waals surface area contributed by atoms with Crippen LogP contribution in [0.25, 0.3) is 0 Å². The van der Waals surface area contributed by atoms with Crippen LogP contribution in [0.2, 0.25) is 0 Å². The Morgan fingerprint density at radius 1 is 0.297 bits per heavy atom. The van der Waals surface area contributed by atoms with E-state index in [0.717, 1.165) is 44.9 Å². The highest BCUT2D eigenvalue weighted by Crippen LogP contribution is 2.21. The minimum atomic E-state index is -0.843. The van der Waals surface area contributed by atoms with Gasteiger partial charge in [0.25, 0.3) is 0 Å². The molecule has 6 heteroatoms. The van der Waals surface area contributed by atoms with Crippen molar-refractivity contribution in [3.8, 4) is 0 Å². The molecule has 2 atom stereocenters. The van der Waals surface area contributed by atoms with Crippen molar-refractivity contribution in [3.05, 3.63) is 24.3 Å². The van der Waals surface area contributed by atoms with E-state index in [1.165, 1.54) is 411 Å². The maximum Gasteiger partial charge on any atom is 0.305 e. The van der Waals surface area contributed by atoms with E-state index in [1.807, 2.05) is 6.08 Å². The Balaban J connectivity index is 3.35. The number of carbonyl (C=O) groups is 2. The summed E-state index contributed by atoms with van der Waals surface area (Å²) in [7, 11) is 0. The van der Waals surface area contributed by atoms with Crippen LogP contribution in [0.1, 0.15) is 483 Å². The summed E-state index contributed by atoms with van der Waals surface area (Å²) in [6.07, 6.45) is 105. The Morgan fingerprint density at radius 3 is 0.780 bits per heavy atom. The van der Waals surface area contributed by atoms with Crippen molar-refractivity contribution in [1.29, 1.82) is 0 Å². The smallest absolute Gasteiger partial charge is 0.305 e. The van der Waals surface area contributed by atoms with Crippen LogP contribution in [0, 0.1) is 0 Å². The van der Waals surface area contributed by atoms with Crippen LogP contribution in [0.5, 0.6) is 0 Å². The number of aliphatic hydroxyl groups excluding tert-OH is 2. The summed E-state index contributed by atoms with van der Waals surface area (Å²) in [5, 5.41) is 23.3. The molecule has 0 radical (unpaired) electrons. The number of hydrogen-bond donors (Lipinski definition) is 3. The van der Waals surface area contributed by atoms with Gasteiger partial charge in [-0.05, 0) is 57.8 Å². The molecule has 0 saturated heterocycles. The Hall–Kier alpha value is -1.66. The van der Waals surface area contributed by atoms with Gasteiger partial charge in [-0.1, -0.05) is 436 Å². The van der Waals surface area contributed by atoms with E-state index in [2.05, 4.69) is 31.3 Å². The topological polar surface area (TPSA) is 95.9 Å². The number of aliphatic hydroxyl groups is 2. The molecule has 0 aromatic rings. The second-order valence-corrected chi connectivity index (χ2v) is 29.2. The fourth-order valence-corrected chi connectivity index (χ4v) is 13.6. The predicted octanol–water partition coefficient (Wildman–Crippen LogP) is 28.0. The summed E-state index contributed by atoms with van der Waals surface area (Å²) < 4.78 is 5.52. The molecule has 0 saturated carbocycles. The predicted molar refractivity (Wildman–Crippen MR) is 403 cm³/mol. The molecule has 0 heterocycles. The fourth-order valence-electron chi connectivity index (χ4n) is 13.6. The first-order chi connectivity index (χ1) is 45.0. The van der Waals surface area contributed by atoms with Gasteiger partial charge in [0.2, 0.25) is 5.91 Å². The van der Waals surface area contributed by atoms with Crippen LogP contribution >= 0.6 is 0 Å². The Morgan fingerprint density at radius 2 is 0.516 bits per heavy atom. The molecule has 6 nitrogen and oxygen atoms in total. The number of nitrogens with one attached hydrogen (secondary N) is 1. The number of amides is 1. The molecule has 0 fully saturated rings. The van der Waals surface area contributed by atoms with E-state index in [0.29, 0.717) is 19.4 Å². The van der Waals surface area contributed by atoms with Crippen molar-refractivity contribution >= 4 is 11.9 Å². The van der Waals surface area contributed by atoms with Gasteiger partial charge in [0, 0.05) is 12.8 Å². The molecule has 540 valence electrons. The van der Waals surface area contributed by atoms with Crippen LogP contribution in [0.15, 0.2) is 24.3 Å². The first-order valence-corrected chi connectivity index (χ1v) is 42.1. The second kappa shape index (κ2) is 80.8. The largest absolute Gasteiger partial charge is 0.466 e. The maximum absolute atomic E-state index is 12.6. The van der Waals surface area contributed by atoms with Crippen molar-refractivity contribution < 1.29 is 24.5 Å². The van der Waals surface area contributed by atoms with Crippen molar-refractivity contribution in [2.75, 3.05) is 13.2 Å². The number of unbranched alkanes of at least 4 members (excludes halogenated alkanes) is 67. The van der Waals surface area contributed by atoms with E-state index < -0.39 is 12.1 Å². The van der Waals surface area contributed by atoms with Crippen LogP contribution in [0.3, 0.4) is 0 Å². The summed E-state index contributed by atoms with van der Waals surface area (Å²) in [4.78, 5) is 24.7. The third kappa shape index (κ3) is 77.2. The van der Waals surface area contributed by atoms with E-state index >= 15 is 0 Å². The van der Waals surface area contributed by atoms with Crippen molar-refractivity contribution in [3.63, 3.8) is 0 Å². The summed E-state index contributed by atoms with van der Waals surface area (Å²) in [6, 6.07) is -0.626. The molecular weight excluding hydrogens is 1110 g/mol. The Kier molecular flexibility index (Phi) is 79.3. The number of allylic oxidation sites excluding steroid dienone is 3. The van der Waals surface area contributed by atoms with Gasteiger partial charge in [-0.25, -0.2) is 0 Å². The molecule has 0 rings (SSSR count). The summed E-state index contributed by atoms with van der Waals surface area (Å²) >= 11 is 0. The summed E-state index contributed by atoms with van der Waals surface area (Å²) in [5.74, 6) is -0.0392. The quantitative estimate of drug-likeness (QED) is 0.0320. The minimum Gasteiger partial charge on any atom is -0.466 e. The molecule has 0 aromatic carbocycles. The zero-order valence-electron chi connectivity index (χ0n) is 62.1. The SMILES string of the molecule is CCCCCCCCC/C=C\CCCCCCCCCC(=O)OCCCCCCCCCCCCCCCCCCCCCCCCCCCCCCCCCC(=O)NC(CO)C(O)/C=C/CCCCCCCCCCCCCCCCCCCCCCCCC. The van der Waals surface area contributed by atoms with Gasteiger partial charge >= 0.3 is 5.97 Å². The standard InChI is InChI=1S/C85H165NO5/c1-3-5-7-9-11-13-15-17-19-21-23-24-25-33-36-39-42-45-49-53-57-61-65-69-73-77-83(88)82(81-87)86-84(89)78-74-70-66-62-58-54-50-46-43-40-37-34-31-29-27-26-28-30-32-35-38-41-44-48-52-56-60-64-68-72-76-80-91-85(90)79-75-71-67-63-59-55-51-47-22-20-18-16-14-12-10-8-6-4-2/h20,22,73,77,82-83,87-88H,3-19,21,23-72,74-76,78-81H2,1-2H3,(H,86,89)/b22-20-,77-73+. The summed E-state index contributed by atoms with van der Waals surface area (Å²) in [6.45, 7) is 4.96. The summed E-state index contributed by atoms with van der Waals surface area (Å²) in [5.41, 5.74) is 0. The first kappa shape index (κ1) is 89.3. The molecule has 3 N–H and O–H groups in total. The fraction of sp³-hybridized carbons (Fsp3) is 0.929. The van der Waals surface area contributed by atoms with Gasteiger partial charge in [0.1, 0.15) is 0 Å². The highest BCUT2D eigenvalue weighted by atomic mass is 16.5. The molecule has 0 aliphatic rings. The molecule has 1 amide bonds. The molecule has 0 aliphatic heterocycles. The van der Waals surface area contributed by atoms with Crippen LogP contribution in [-0.2, 0) is 14.3 Å². The number of ether oxygens (including phenoxy) is 1. The highest BCUT2D eigenvalue weighted by Gasteiger charge is 2.18. The van der Waals surface area contributed by atoms with E-state index in [4.69, 9.17) is 4.74 Å². The van der Waals surface area contributed by atoms with Crippen LogP contribution in [0.4, 0.5) is 0 Å². The minimum absolute atomic E-state index is 0.0188. The third-order valence-corrected chi connectivity index (χ3v) is 20.0. The molecule has 0 aliphatic carbocycles. The Bertz CT molecular complexity index is 1430. The average molecular weight is 1280 g/mol. The Labute approximate surface area is 571 Å². The van der Waals surface area contributed by atoms with Crippen molar-refractivity contribution in [1.82, 2.24) is 5.32 Å². The lowest BCUT2D eigenvalue weighted by Gasteiger charge is -2.20. The third-order valence-electron chi connectivity index (χ3n) is 20.0. The normalized spacial score (nSPS) is 12.5. The van der Waals surface area contributed by atoms with Gasteiger partial charge in [0.05, 0.1) is 25.4 Å². The van der Waals surface area contributed by atoms with E-state index in [-0.39, 0.29) is 18.5 Å². The lowest BCUT2D eigenvalue weighted by Crippen LogP contribution is -2.45. The van der Waals surface area contributed by atoms with E-state index in [9.17, 15) is 19.8 Å². The molecule has 0 spiro atoms. The molecule has 0 aromatic heterocycles. The number of hydrogen-bond acceptors (Lipinski definition) is 5. The lowest BCUT2D eigenvalue weighted by atomic mass is 10.0. The first-order valence-electron chi connectivity index (χ1n) is 42.1. The average Bonchev–Trinajstić information content (AvgIpc) is 3.65.